The predicted octanol–water partition coefficient (Wildman–Crippen LogP) is 0.936. The molecule has 1 heterocycles. The van der Waals surface area contributed by atoms with Gasteiger partial charge in [0.25, 0.3) is 0 Å². The molecule has 5 heteroatoms. The normalized spacial score (nSPS) is 22.0. The van der Waals surface area contributed by atoms with Crippen molar-refractivity contribution in [3.8, 4) is 0 Å². The summed E-state index contributed by atoms with van der Waals surface area (Å²) in [4.78, 5) is 25.0. The summed E-state index contributed by atoms with van der Waals surface area (Å²) in [5.41, 5.74) is 5.64. The molecule has 19 heavy (non-hydrogen) atoms. The van der Waals surface area contributed by atoms with E-state index in [0.29, 0.717) is 24.9 Å². The minimum atomic E-state index is -1.20. The summed E-state index contributed by atoms with van der Waals surface area (Å²) in [5, 5.41) is 9.13. The first kappa shape index (κ1) is 13.5. The summed E-state index contributed by atoms with van der Waals surface area (Å²) in [6.45, 7) is 2.08. The number of nitrogens with two attached hydrogens (primary N) is 1. The van der Waals surface area contributed by atoms with E-state index in [4.69, 9.17) is 10.8 Å². The van der Waals surface area contributed by atoms with E-state index in [9.17, 15) is 9.59 Å². The molecule has 1 aliphatic heterocycles. The van der Waals surface area contributed by atoms with E-state index in [1.165, 1.54) is 4.90 Å². The van der Waals surface area contributed by atoms with Crippen LogP contribution in [0.5, 0.6) is 0 Å². The molecular formula is C14H18N2O3. The van der Waals surface area contributed by atoms with E-state index < -0.39 is 17.6 Å². The molecule has 0 aromatic heterocycles. The van der Waals surface area contributed by atoms with Crippen LogP contribution in [0.1, 0.15) is 25.3 Å². The molecule has 2 rings (SSSR count). The molecule has 1 aromatic carbocycles. The summed E-state index contributed by atoms with van der Waals surface area (Å²) in [6, 6.07) is 8.28. The minimum Gasteiger partial charge on any atom is -0.480 e. The Morgan fingerprint density at radius 3 is 2.58 bits per heavy atom. The Labute approximate surface area is 112 Å². The van der Waals surface area contributed by atoms with E-state index in [1.807, 2.05) is 18.2 Å². The molecule has 1 saturated heterocycles. The molecule has 0 saturated carbocycles. The number of carboxylic acids is 1. The highest BCUT2D eigenvalue weighted by Gasteiger charge is 2.41. The van der Waals surface area contributed by atoms with E-state index in [1.54, 1.807) is 19.1 Å². The second kappa shape index (κ2) is 5.01. The first-order valence-corrected chi connectivity index (χ1v) is 6.33. The average Bonchev–Trinajstić information content (AvgIpc) is 2.88. The molecule has 5 nitrogen and oxygen atoms in total. The number of hydrogen-bond donors (Lipinski definition) is 2. The van der Waals surface area contributed by atoms with Gasteiger partial charge in [0.05, 0.1) is 0 Å². The topological polar surface area (TPSA) is 83.6 Å². The second-order valence-corrected chi connectivity index (χ2v) is 5.06. The van der Waals surface area contributed by atoms with Gasteiger partial charge in [-0.1, -0.05) is 30.3 Å². The molecule has 0 aliphatic carbocycles. The van der Waals surface area contributed by atoms with Gasteiger partial charge in [0.15, 0.2) is 0 Å². The lowest BCUT2D eigenvalue weighted by molar-refractivity contribution is -0.150. The monoisotopic (exact) mass is 262 g/mol. The van der Waals surface area contributed by atoms with Gasteiger partial charge in [-0.05, 0) is 25.3 Å². The lowest BCUT2D eigenvalue weighted by atomic mass is 9.91. The highest BCUT2D eigenvalue weighted by molar-refractivity contribution is 5.91. The smallest absolute Gasteiger partial charge is 0.326 e. The van der Waals surface area contributed by atoms with Gasteiger partial charge in [-0.25, -0.2) is 4.79 Å². The summed E-state index contributed by atoms with van der Waals surface area (Å²) in [7, 11) is 0. The van der Waals surface area contributed by atoms with E-state index in [2.05, 4.69) is 0 Å². The molecule has 2 atom stereocenters. The van der Waals surface area contributed by atoms with Gasteiger partial charge in [0.2, 0.25) is 5.91 Å². The van der Waals surface area contributed by atoms with Crippen molar-refractivity contribution in [3.63, 3.8) is 0 Å². The third-order valence-corrected chi connectivity index (χ3v) is 3.62. The molecule has 0 spiro atoms. The SMILES string of the molecule is CC(N)(C(=O)N1CCCC1C(=O)O)c1ccccc1. The third kappa shape index (κ3) is 2.46. The molecule has 1 aromatic rings. The Hall–Kier alpha value is -1.88. The van der Waals surface area contributed by atoms with Crippen LogP contribution in [-0.4, -0.2) is 34.5 Å². The molecule has 102 valence electrons. The van der Waals surface area contributed by atoms with Crippen molar-refractivity contribution in [2.45, 2.75) is 31.3 Å². The van der Waals surface area contributed by atoms with Crippen LogP contribution in [0.25, 0.3) is 0 Å². The van der Waals surface area contributed by atoms with Gasteiger partial charge >= 0.3 is 5.97 Å². The van der Waals surface area contributed by atoms with E-state index in [-0.39, 0.29) is 5.91 Å². The summed E-state index contributed by atoms with van der Waals surface area (Å²) < 4.78 is 0. The third-order valence-electron chi connectivity index (χ3n) is 3.62. The van der Waals surface area contributed by atoms with Crippen LogP contribution < -0.4 is 5.73 Å². The molecule has 1 amide bonds. The number of carbonyl (C=O) groups is 2. The number of nitrogens with zero attached hydrogens (tertiary/aromatic N) is 1. The maximum atomic E-state index is 12.5. The first-order valence-electron chi connectivity index (χ1n) is 6.33. The van der Waals surface area contributed by atoms with Crippen LogP contribution >= 0.6 is 0 Å². The fourth-order valence-corrected chi connectivity index (χ4v) is 2.47. The standard InChI is InChI=1S/C14H18N2O3/c1-14(15,10-6-3-2-4-7-10)13(19)16-9-5-8-11(16)12(17)18/h2-4,6-7,11H,5,8-9,15H2,1H3,(H,17,18). The van der Waals surface area contributed by atoms with Gasteiger partial charge in [0.1, 0.15) is 11.6 Å². The van der Waals surface area contributed by atoms with Gasteiger partial charge in [-0.15, -0.1) is 0 Å². The van der Waals surface area contributed by atoms with Crippen LogP contribution in [0.3, 0.4) is 0 Å². The molecular weight excluding hydrogens is 244 g/mol. The second-order valence-electron chi connectivity index (χ2n) is 5.06. The Kier molecular flexibility index (Phi) is 3.57. The number of rotatable bonds is 3. The van der Waals surface area contributed by atoms with Crippen LogP contribution in [0, 0.1) is 0 Å². The quantitative estimate of drug-likeness (QED) is 0.849. The molecule has 2 unspecified atom stereocenters. The van der Waals surface area contributed by atoms with Crippen molar-refractivity contribution in [2.75, 3.05) is 6.54 Å². The van der Waals surface area contributed by atoms with Gasteiger partial charge in [-0.3, -0.25) is 4.79 Å². The number of aliphatic carboxylic acids is 1. The van der Waals surface area contributed by atoms with Crippen LogP contribution in [0.4, 0.5) is 0 Å². The molecule has 1 aliphatic rings. The Bertz CT molecular complexity index is 485. The van der Waals surface area contributed by atoms with E-state index in [0.717, 1.165) is 0 Å². The van der Waals surface area contributed by atoms with Gasteiger partial charge < -0.3 is 15.7 Å². The number of likely N-dealkylation sites (tertiary alicyclic amines) is 1. The van der Waals surface area contributed by atoms with Crippen LogP contribution in [0.15, 0.2) is 30.3 Å². The van der Waals surface area contributed by atoms with Crippen LogP contribution in [-0.2, 0) is 15.1 Å². The maximum absolute atomic E-state index is 12.5. The average molecular weight is 262 g/mol. The Morgan fingerprint density at radius 1 is 1.37 bits per heavy atom. The van der Waals surface area contributed by atoms with E-state index >= 15 is 0 Å². The zero-order valence-electron chi connectivity index (χ0n) is 10.9. The molecule has 0 radical (unpaired) electrons. The Balaban J connectivity index is 2.26. The zero-order valence-corrected chi connectivity index (χ0v) is 10.9. The summed E-state index contributed by atoms with van der Waals surface area (Å²) in [5.74, 6) is -1.29. The largest absolute Gasteiger partial charge is 0.480 e. The number of carboxylic acid groups (broad SMARTS) is 1. The van der Waals surface area contributed by atoms with Crippen LogP contribution in [0.2, 0.25) is 0 Å². The summed E-state index contributed by atoms with van der Waals surface area (Å²) >= 11 is 0. The molecule has 0 bridgehead atoms. The van der Waals surface area contributed by atoms with Crippen molar-refractivity contribution in [2.24, 2.45) is 5.73 Å². The highest BCUT2D eigenvalue weighted by atomic mass is 16.4. The highest BCUT2D eigenvalue weighted by Crippen LogP contribution is 2.26. The number of benzene rings is 1. The predicted molar refractivity (Wildman–Crippen MR) is 70.4 cm³/mol. The van der Waals surface area contributed by atoms with Crippen molar-refractivity contribution in [1.82, 2.24) is 4.90 Å². The van der Waals surface area contributed by atoms with Crippen molar-refractivity contribution in [1.29, 1.82) is 0 Å². The maximum Gasteiger partial charge on any atom is 0.326 e. The Morgan fingerprint density at radius 2 is 2.00 bits per heavy atom. The van der Waals surface area contributed by atoms with Crippen molar-refractivity contribution < 1.29 is 14.7 Å². The number of hydrogen-bond acceptors (Lipinski definition) is 3. The fraction of sp³-hybridized carbons (Fsp3) is 0.429. The fourth-order valence-electron chi connectivity index (χ4n) is 2.47. The zero-order chi connectivity index (χ0) is 14.0. The first-order chi connectivity index (χ1) is 8.94. The molecule has 1 fully saturated rings. The lowest BCUT2D eigenvalue weighted by Crippen LogP contribution is -2.53. The van der Waals surface area contributed by atoms with Crippen molar-refractivity contribution in [3.05, 3.63) is 35.9 Å². The van der Waals surface area contributed by atoms with Gasteiger partial charge in [0, 0.05) is 6.54 Å². The summed E-state index contributed by atoms with van der Waals surface area (Å²) in [6.07, 6.45) is 1.19. The van der Waals surface area contributed by atoms with Gasteiger partial charge in [-0.2, -0.15) is 0 Å². The number of carbonyl (C=O) groups excluding carboxylic acids is 1. The number of amides is 1. The minimum absolute atomic E-state index is 0.330. The molecule has 3 N–H and O–H groups in total. The lowest BCUT2D eigenvalue weighted by Gasteiger charge is -2.31. The van der Waals surface area contributed by atoms with Crippen molar-refractivity contribution >= 4 is 11.9 Å².